The fraction of sp³-hybridized carbons (Fsp3) is 0.208. The van der Waals surface area contributed by atoms with Crippen molar-refractivity contribution >= 4 is 5.91 Å². The molecule has 28 heavy (non-hydrogen) atoms. The summed E-state index contributed by atoms with van der Waals surface area (Å²) in [7, 11) is 3.11. The zero-order chi connectivity index (χ0) is 20.0. The lowest BCUT2D eigenvalue weighted by atomic mass is 9.68. The van der Waals surface area contributed by atoms with Gasteiger partial charge in [0.2, 0.25) is 5.91 Å². The molecule has 0 spiro atoms. The van der Waals surface area contributed by atoms with E-state index in [0.29, 0.717) is 17.9 Å². The molecule has 0 fully saturated rings. The fourth-order valence-electron chi connectivity index (χ4n) is 3.40. The van der Waals surface area contributed by atoms with E-state index in [1.165, 1.54) is 7.11 Å². The number of hydrogen-bond acceptors (Lipinski definition) is 3. The Kier molecular flexibility index (Phi) is 5.86. The van der Waals surface area contributed by atoms with E-state index < -0.39 is 17.2 Å². The van der Waals surface area contributed by atoms with Crippen LogP contribution in [0.1, 0.15) is 11.1 Å². The average Bonchev–Trinajstić information content (AvgIpc) is 2.73. The molecule has 0 saturated carbocycles. The number of amides is 1. The van der Waals surface area contributed by atoms with Crippen molar-refractivity contribution in [1.29, 1.82) is 0 Å². The van der Waals surface area contributed by atoms with Crippen molar-refractivity contribution in [2.24, 2.45) is 17.1 Å². The van der Waals surface area contributed by atoms with Crippen LogP contribution in [0, 0.1) is 23.2 Å². The Labute approximate surface area is 165 Å². The Morgan fingerprint density at radius 2 is 1.61 bits per heavy atom. The van der Waals surface area contributed by atoms with Gasteiger partial charge in [0.05, 0.1) is 25.6 Å². The summed E-state index contributed by atoms with van der Waals surface area (Å²) >= 11 is 0. The van der Waals surface area contributed by atoms with Crippen LogP contribution in [0.3, 0.4) is 0 Å². The largest absolute Gasteiger partial charge is 0.493 e. The maximum Gasteiger partial charge on any atom is 0.226 e. The molecular weight excluding hydrogens is 350 g/mol. The van der Waals surface area contributed by atoms with Crippen LogP contribution in [-0.4, -0.2) is 20.1 Å². The van der Waals surface area contributed by atoms with Crippen LogP contribution in [0.15, 0.2) is 84.3 Å². The number of carbonyl (C=O) groups is 1. The Morgan fingerprint density at radius 3 is 2.18 bits per heavy atom. The van der Waals surface area contributed by atoms with Crippen molar-refractivity contribution < 1.29 is 14.3 Å². The second-order valence-corrected chi connectivity index (χ2v) is 6.65. The third-order valence-electron chi connectivity index (χ3n) is 4.80. The molecular formula is C24H23NO3. The summed E-state index contributed by atoms with van der Waals surface area (Å²) in [5.74, 6) is 6.45. The van der Waals surface area contributed by atoms with Crippen LogP contribution >= 0.6 is 0 Å². The molecule has 2 atom stereocenters. The Hall–Kier alpha value is -3.45. The van der Waals surface area contributed by atoms with Gasteiger partial charge in [-0.3, -0.25) is 4.79 Å². The molecule has 0 radical (unpaired) electrons. The van der Waals surface area contributed by atoms with Gasteiger partial charge in [0, 0.05) is 5.56 Å². The first-order valence-corrected chi connectivity index (χ1v) is 9.02. The molecule has 4 nitrogen and oxygen atoms in total. The van der Waals surface area contributed by atoms with Crippen LogP contribution in [0.5, 0.6) is 0 Å². The standard InChI is InChI=1S/C24H23NO3/c1-27-21-15-20(23(25)26)24(17-22(21)28-2,16-19-11-7-4-8-12-19)14-13-18-9-5-3-6-10-18/h3-12,15,17,20H,16H2,1-2H3,(H2,25,26). The molecule has 2 N–H and O–H groups in total. The second kappa shape index (κ2) is 8.49. The predicted molar refractivity (Wildman–Crippen MR) is 109 cm³/mol. The molecule has 2 aromatic carbocycles. The van der Waals surface area contributed by atoms with Gasteiger partial charge >= 0.3 is 0 Å². The van der Waals surface area contributed by atoms with Crippen LogP contribution < -0.4 is 5.73 Å². The monoisotopic (exact) mass is 373 g/mol. The minimum Gasteiger partial charge on any atom is -0.493 e. The summed E-state index contributed by atoms with van der Waals surface area (Å²) in [6.45, 7) is 0. The van der Waals surface area contributed by atoms with Crippen molar-refractivity contribution in [2.45, 2.75) is 6.42 Å². The van der Waals surface area contributed by atoms with E-state index in [1.807, 2.05) is 66.7 Å². The van der Waals surface area contributed by atoms with E-state index in [-0.39, 0.29) is 0 Å². The smallest absolute Gasteiger partial charge is 0.226 e. The molecule has 0 saturated heterocycles. The lowest BCUT2D eigenvalue weighted by molar-refractivity contribution is -0.122. The number of methoxy groups -OCH3 is 2. The van der Waals surface area contributed by atoms with Gasteiger partial charge in [-0.25, -0.2) is 0 Å². The van der Waals surface area contributed by atoms with Gasteiger partial charge in [-0.1, -0.05) is 60.4 Å². The third-order valence-corrected chi connectivity index (χ3v) is 4.80. The molecule has 3 rings (SSSR count). The SMILES string of the molecule is COC1=CC(C(N)=O)C(C#Cc2ccccc2)(Cc2ccccc2)C=C1OC. The Morgan fingerprint density at radius 1 is 1.00 bits per heavy atom. The van der Waals surface area contributed by atoms with Crippen molar-refractivity contribution in [3.05, 3.63) is 95.5 Å². The average molecular weight is 373 g/mol. The van der Waals surface area contributed by atoms with E-state index in [4.69, 9.17) is 15.2 Å². The van der Waals surface area contributed by atoms with Gasteiger partial charge in [0.15, 0.2) is 11.5 Å². The second-order valence-electron chi connectivity index (χ2n) is 6.65. The fourth-order valence-corrected chi connectivity index (χ4v) is 3.40. The summed E-state index contributed by atoms with van der Waals surface area (Å²) in [5.41, 5.74) is 6.86. The zero-order valence-electron chi connectivity index (χ0n) is 16.0. The summed E-state index contributed by atoms with van der Waals surface area (Å²) in [6.07, 6.45) is 4.09. The van der Waals surface area contributed by atoms with Gasteiger partial charge in [0.25, 0.3) is 0 Å². The first kappa shape index (κ1) is 19.3. The van der Waals surface area contributed by atoms with Crippen molar-refractivity contribution in [1.82, 2.24) is 0 Å². The van der Waals surface area contributed by atoms with Crippen LogP contribution in [0.2, 0.25) is 0 Å². The molecule has 4 heteroatoms. The van der Waals surface area contributed by atoms with E-state index in [9.17, 15) is 4.79 Å². The maximum absolute atomic E-state index is 12.4. The van der Waals surface area contributed by atoms with Crippen LogP contribution in [0.25, 0.3) is 0 Å². The van der Waals surface area contributed by atoms with Crippen molar-refractivity contribution in [3.63, 3.8) is 0 Å². The molecule has 1 amide bonds. The van der Waals surface area contributed by atoms with Gasteiger partial charge < -0.3 is 15.2 Å². The highest BCUT2D eigenvalue weighted by atomic mass is 16.5. The highest BCUT2D eigenvalue weighted by molar-refractivity contribution is 5.81. The van der Waals surface area contributed by atoms with Gasteiger partial charge in [-0.05, 0) is 36.3 Å². The third kappa shape index (κ3) is 4.10. The van der Waals surface area contributed by atoms with Crippen molar-refractivity contribution in [2.75, 3.05) is 14.2 Å². The Bertz CT molecular complexity index is 952. The summed E-state index contributed by atoms with van der Waals surface area (Å²) in [6, 6.07) is 19.6. The zero-order valence-corrected chi connectivity index (χ0v) is 16.0. The molecule has 0 bridgehead atoms. The topological polar surface area (TPSA) is 61.5 Å². The minimum absolute atomic E-state index is 0.459. The predicted octanol–water partition coefficient (Wildman–Crippen LogP) is 3.44. The van der Waals surface area contributed by atoms with Gasteiger partial charge in [0.1, 0.15) is 0 Å². The first-order valence-electron chi connectivity index (χ1n) is 9.02. The first-order chi connectivity index (χ1) is 13.6. The van der Waals surface area contributed by atoms with Crippen LogP contribution in [0.4, 0.5) is 0 Å². The molecule has 0 aliphatic heterocycles. The molecule has 2 aromatic rings. The maximum atomic E-state index is 12.4. The van der Waals surface area contributed by atoms with Crippen LogP contribution in [-0.2, 0) is 20.7 Å². The highest BCUT2D eigenvalue weighted by Crippen LogP contribution is 2.41. The minimum atomic E-state index is -0.851. The normalized spacial score (nSPS) is 20.9. The highest BCUT2D eigenvalue weighted by Gasteiger charge is 2.43. The molecule has 1 aliphatic carbocycles. The number of rotatable bonds is 5. The molecule has 0 aromatic heterocycles. The number of allylic oxidation sites excluding steroid dienone is 1. The van der Waals surface area contributed by atoms with Gasteiger partial charge in [-0.2, -0.15) is 0 Å². The number of primary amides is 1. The van der Waals surface area contributed by atoms with Gasteiger partial charge in [-0.15, -0.1) is 0 Å². The molecule has 0 heterocycles. The number of ether oxygens (including phenoxy) is 2. The van der Waals surface area contributed by atoms with Crippen molar-refractivity contribution in [3.8, 4) is 11.8 Å². The number of nitrogens with two attached hydrogens (primary N) is 1. The summed E-state index contributed by atoms with van der Waals surface area (Å²) in [4.78, 5) is 12.4. The number of carbonyl (C=O) groups excluding carboxylic acids is 1. The lowest BCUT2D eigenvalue weighted by Gasteiger charge is -2.35. The summed E-state index contributed by atoms with van der Waals surface area (Å²) < 4.78 is 10.9. The quantitative estimate of drug-likeness (QED) is 0.817. The Balaban J connectivity index is 2.16. The van der Waals surface area contributed by atoms with E-state index >= 15 is 0 Å². The van der Waals surface area contributed by atoms with E-state index in [0.717, 1.165) is 11.1 Å². The van der Waals surface area contributed by atoms with E-state index in [1.54, 1.807) is 13.2 Å². The number of hydrogen-bond donors (Lipinski definition) is 1. The molecule has 142 valence electrons. The number of benzene rings is 2. The summed E-state index contributed by atoms with van der Waals surface area (Å²) in [5, 5.41) is 0. The molecule has 2 unspecified atom stereocenters. The van der Waals surface area contributed by atoms with E-state index in [2.05, 4.69) is 11.8 Å². The lowest BCUT2D eigenvalue weighted by Crippen LogP contribution is -2.40. The molecule has 1 aliphatic rings.